The smallest absolute Gasteiger partial charge is 0.123 e. The van der Waals surface area contributed by atoms with Crippen molar-refractivity contribution in [2.45, 2.75) is 13.5 Å². The van der Waals surface area contributed by atoms with Crippen LogP contribution in [-0.2, 0) is 6.61 Å². The molecular formula is C11H10FNOS. The Morgan fingerprint density at radius 2 is 2.27 bits per heavy atom. The maximum Gasteiger partial charge on any atom is 0.123 e. The molecule has 0 saturated heterocycles. The van der Waals surface area contributed by atoms with Crippen LogP contribution in [0.2, 0.25) is 0 Å². The molecule has 0 aliphatic heterocycles. The summed E-state index contributed by atoms with van der Waals surface area (Å²) in [5, 5.41) is 9.61. The van der Waals surface area contributed by atoms with E-state index in [9.17, 15) is 4.39 Å². The summed E-state index contributed by atoms with van der Waals surface area (Å²) in [4.78, 5) is 5.23. The number of benzene rings is 1. The van der Waals surface area contributed by atoms with E-state index in [1.807, 2.05) is 13.0 Å². The predicted octanol–water partition coefficient (Wildman–Crippen LogP) is 2.75. The van der Waals surface area contributed by atoms with Gasteiger partial charge in [0.25, 0.3) is 0 Å². The zero-order valence-electron chi connectivity index (χ0n) is 8.20. The first kappa shape index (κ1) is 10.3. The molecule has 0 aliphatic rings. The Bertz CT molecular complexity index is 481. The van der Waals surface area contributed by atoms with Crippen LogP contribution in [0.5, 0.6) is 0 Å². The Balaban J connectivity index is 2.48. The topological polar surface area (TPSA) is 33.1 Å². The van der Waals surface area contributed by atoms with E-state index in [-0.39, 0.29) is 12.4 Å². The number of aliphatic hydroxyl groups excluding tert-OH is 1. The van der Waals surface area contributed by atoms with E-state index in [0.29, 0.717) is 5.01 Å². The molecule has 78 valence electrons. The second-order valence-electron chi connectivity index (χ2n) is 3.18. The molecule has 0 radical (unpaired) electrons. The Labute approximate surface area is 91.0 Å². The third-order valence-corrected chi connectivity index (χ3v) is 3.03. The van der Waals surface area contributed by atoms with Crippen molar-refractivity contribution in [3.63, 3.8) is 0 Å². The van der Waals surface area contributed by atoms with Gasteiger partial charge in [0.05, 0.1) is 12.3 Å². The summed E-state index contributed by atoms with van der Waals surface area (Å²) in [7, 11) is 0. The molecule has 1 aromatic heterocycles. The van der Waals surface area contributed by atoms with Gasteiger partial charge in [0.15, 0.2) is 0 Å². The normalized spacial score (nSPS) is 10.6. The largest absolute Gasteiger partial charge is 0.389 e. The van der Waals surface area contributed by atoms with Crippen molar-refractivity contribution < 1.29 is 9.50 Å². The van der Waals surface area contributed by atoms with E-state index in [4.69, 9.17) is 5.11 Å². The van der Waals surface area contributed by atoms with Gasteiger partial charge in [-0.3, -0.25) is 0 Å². The molecule has 0 atom stereocenters. The van der Waals surface area contributed by atoms with Gasteiger partial charge in [0.2, 0.25) is 0 Å². The fraction of sp³-hybridized carbons (Fsp3) is 0.182. The summed E-state index contributed by atoms with van der Waals surface area (Å²) in [6.45, 7) is 1.85. The number of aromatic nitrogens is 1. The first-order valence-corrected chi connectivity index (χ1v) is 5.35. The predicted molar refractivity (Wildman–Crippen MR) is 58.2 cm³/mol. The molecule has 0 amide bonds. The summed E-state index contributed by atoms with van der Waals surface area (Å²) in [6.07, 6.45) is 0. The molecular weight excluding hydrogens is 213 g/mol. The highest BCUT2D eigenvalue weighted by molar-refractivity contribution is 7.12. The summed E-state index contributed by atoms with van der Waals surface area (Å²) in [5.41, 5.74) is 1.51. The van der Waals surface area contributed by atoms with Crippen molar-refractivity contribution in [3.8, 4) is 11.3 Å². The van der Waals surface area contributed by atoms with E-state index in [2.05, 4.69) is 4.98 Å². The van der Waals surface area contributed by atoms with Crippen LogP contribution in [0.1, 0.15) is 9.88 Å². The third-order valence-electron chi connectivity index (χ3n) is 2.07. The number of halogens is 1. The number of aryl methyl sites for hydroxylation is 1. The van der Waals surface area contributed by atoms with Gasteiger partial charge in [-0.05, 0) is 19.1 Å². The maximum atomic E-state index is 13.0. The molecule has 1 N–H and O–H groups in total. The van der Waals surface area contributed by atoms with E-state index >= 15 is 0 Å². The highest BCUT2D eigenvalue weighted by atomic mass is 32.1. The quantitative estimate of drug-likeness (QED) is 0.849. The molecule has 0 spiro atoms. The zero-order valence-corrected chi connectivity index (χ0v) is 9.01. The van der Waals surface area contributed by atoms with Crippen LogP contribution in [-0.4, -0.2) is 10.1 Å². The molecule has 0 saturated carbocycles. The van der Waals surface area contributed by atoms with Gasteiger partial charge in [-0.25, -0.2) is 9.37 Å². The number of aliphatic hydroxyl groups is 1. The molecule has 2 nitrogen and oxygen atoms in total. The number of nitrogens with zero attached hydrogens (tertiary/aromatic N) is 1. The van der Waals surface area contributed by atoms with E-state index in [1.165, 1.54) is 23.5 Å². The lowest BCUT2D eigenvalue weighted by atomic mass is 10.1. The number of hydrogen-bond acceptors (Lipinski definition) is 3. The summed E-state index contributed by atoms with van der Waals surface area (Å²) >= 11 is 1.43. The molecule has 0 unspecified atom stereocenters. The Hall–Kier alpha value is -1.26. The first-order valence-electron chi connectivity index (χ1n) is 4.54. The van der Waals surface area contributed by atoms with Crippen LogP contribution in [0, 0.1) is 12.7 Å². The Morgan fingerprint density at radius 3 is 2.87 bits per heavy atom. The summed E-state index contributed by atoms with van der Waals surface area (Å²) in [5.74, 6) is -0.273. The minimum atomic E-state index is -0.273. The SMILES string of the molecule is Cc1sc(CO)nc1-c1cccc(F)c1. The van der Waals surface area contributed by atoms with Crippen LogP contribution in [0.4, 0.5) is 4.39 Å². The second kappa shape index (κ2) is 4.08. The van der Waals surface area contributed by atoms with E-state index < -0.39 is 0 Å². The van der Waals surface area contributed by atoms with Crippen LogP contribution >= 0.6 is 11.3 Å². The monoisotopic (exact) mass is 223 g/mol. The van der Waals surface area contributed by atoms with Crippen LogP contribution < -0.4 is 0 Å². The number of thiazole rings is 1. The van der Waals surface area contributed by atoms with Gasteiger partial charge < -0.3 is 5.11 Å². The van der Waals surface area contributed by atoms with Crippen LogP contribution in [0.3, 0.4) is 0 Å². The summed E-state index contributed by atoms with van der Waals surface area (Å²) in [6, 6.07) is 6.32. The van der Waals surface area contributed by atoms with Gasteiger partial charge in [-0.2, -0.15) is 0 Å². The molecule has 2 aromatic rings. The van der Waals surface area contributed by atoms with Crippen molar-refractivity contribution in [3.05, 3.63) is 40.0 Å². The highest BCUT2D eigenvalue weighted by Crippen LogP contribution is 2.27. The molecule has 0 aliphatic carbocycles. The van der Waals surface area contributed by atoms with Gasteiger partial charge in [0.1, 0.15) is 10.8 Å². The molecule has 1 aromatic carbocycles. The van der Waals surface area contributed by atoms with Gasteiger partial charge in [0, 0.05) is 10.4 Å². The lowest BCUT2D eigenvalue weighted by Crippen LogP contribution is -1.84. The van der Waals surface area contributed by atoms with Crippen LogP contribution in [0.15, 0.2) is 24.3 Å². The highest BCUT2D eigenvalue weighted by Gasteiger charge is 2.09. The second-order valence-corrected chi connectivity index (χ2v) is 4.47. The molecule has 1 heterocycles. The van der Waals surface area contributed by atoms with Gasteiger partial charge in [-0.15, -0.1) is 11.3 Å². The minimum Gasteiger partial charge on any atom is -0.389 e. The van der Waals surface area contributed by atoms with Crippen molar-refractivity contribution in [2.24, 2.45) is 0 Å². The fourth-order valence-electron chi connectivity index (χ4n) is 1.42. The molecule has 2 rings (SSSR count). The van der Waals surface area contributed by atoms with E-state index in [1.54, 1.807) is 6.07 Å². The molecule has 4 heteroatoms. The molecule has 0 fully saturated rings. The standard InChI is InChI=1S/C11H10FNOS/c1-7-11(13-10(6-14)15-7)8-3-2-4-9(12)5-8/h2-5,14H,6H2,1H3. The van der Waals surface area contributed by atoms with Crippen LogP contribution in [0.25, 0.3) is 11.3 Å². The van der Waals surface area contributed by atoms with Crippen molar-refractivity contribution in [1.82, 2.24) is 4.98 Å². The van der Waals surface area contributed by atoms with Crippen molar-refractivity contribution in [1.29, 1.82) is 0 Å². The lowest BCUT2D eigenvalue weighted by molar-refractivity contribution is 0.281. The number of hydrogen-bond donors (Lipinski definition) is 1. The fourth-order valence-corrected chi connectivity index (χ4v) is 2.24. The van der Waals surface area contributed by atoms with Crippen molar-refractivity contribution >= 4 is 11.3 Å². The van der Waals surface area contributed by atoms with E-state index in [0.717, 1.165) is 16.1 Å². The maximum absolute atomic E-state index is 13.0. The zero-order chi connectivity index (χ0) is 10.8. The minimum absolute atomic E-state index is 0.0686. The van der Waals surface area contributed by atoms with Gasteiger partial charge >= 0.3 is 0 Å². The molecule has 15 heavy (non-hydrogen) atoms. The average Bonchev–Trinajstić information content (AvgIpc) is 2.60. The lowest BCUT2D eigenvalue weighted by Gasteiger charge is -1.97. The third kappa shape index (κ3) is 2.06. The van der Waals surface area contributed by atoms with Crippen molar-refractivity contribution in [2.75, 3.05) is 0 Å². The number of rotatable bonds is 2. The average molecular weight is 223 g/mol. The Morgan fingerprint density at radius 1 is 1.47 bits per heavy atom. The molecule has 0 bridgehead atoms. The van der Waals surface area contributed by atoms with Gasteiger partial charge in [-0.1, -0.05) is 12.1 Å². The first-order chi connectivity index (χ1) is 7.20. The Kier molecular flexibility index (Phi) is 2.79. The summed E-state index contributed by atoms with van der Waals surface area (Å²) < 4.78 is 13.0.